The number of hydrogen-bond donors (Lipinski definition) is 1. The van der Waals surface area contributed by atoms with Gasteiger partial charge < -0.3 is 9.84 Å². The van der Waals surface area contributed by atoms with Gasteiger partial charge in [0.05, 0.1) is 11.7 Å². The topological polar surface area (TPSA) is 46.5 Å². The Kier molecular flexibility index (Phi) is 2.44. The van der Waals surface area contributed by atoms with Crippen LogP contribution < -0.4 is 0 Å². The molecule has 3 nitrogen and oxygen atoms in total. The van der Waals surface area contributed by atoms with Crippen LogP contribution >= 0.6 is 0 Å². The van der Waals surface area contributed by atoms with Crippen molar-refractivity contribution in [2.75, 3.05) is 7.11 Å². The Morgan fingerprint density at radius 2 is 2.55 bits per heavy atom. The molecule has 0 amide bonds. The van der Waals surface area contributed by atoms with Crippen molar-refractivity contribution < 1.29 is 14.6 Å². The number of methoxy groups -OCH3 is 1. The highest BCUT2D eigenvalue weighted by molar-refractivity contribution is 5.79. The van der Waals surface area contributed by atoms with Crippen LogP contribution in [0.3, 0.4) is 0 Å². The molecule has 1 aliphatic carbocycles. The van der Waals surface area contributed by atoms with Crippen LogP contribution in [-0.2, 0) is 9.53 Å². The smallest absolute Gasteiger partial charge is 0.153 e. The summed E-state index contributed by atoms with van der Waals surface area (Å²) >= 11 is 0. The molecular formula is C8H10O3. The zero-order valence-electron chi connectivity index (χ0n) is 6.28. The summed E-state index contributed by atoms with van der Waals surface area (Å²) in [7, 11) is 1.56. The van der Waals surface area contributed by atoms with E-state index in [1.165, 1.54) is 6.08 Å². The lowest BCUT2D eigenvalue weighted by atomic mass is 10.0. The van der Waals surface area contributed by atoms with E-state index < -0.39 is 0 Å². The Hall–Kier alpha value is -1.09. The van der Waals surface area contributed by atoms with Crippen molar-refractivity contribution in [2.45, 2.75) is 12.5 Å². The molecule has 0 fully saturated rings. The van der Waals surface area contributed by atoms with Gasteiger partial charge >= 0.3 is 0 Å². The Labute approximate surface area is 65.0 Å². The van der Waals surface area contributed by atoms with Gasteiger partial charge in [-0.2, -0.15) is 0 Å². The second-order valence-corrected chi connectivity index (χ2v) is 2.34. The molecule has 1 unspecified atom stereocenters. The summed E-state index contributed by atoms with van der Waals surface area (Å²) in [5.41, 5.74) is 0.346. The molecule has 0 bridgehead atoms. The van der Waals surface area contributed by atoms with Gasteiger partial charge in [-0.05, 0) is 12.5 Å². The first-order valence-corrected chi connectivity index (χ1v) is 3.37. The number of allylic oxidation sites excluding steroid dienone is 1. The molecule has 1 atom stereocenters. The normalized spacial score (nSPS) is 23.9. The molecule has 0 aromatic carbocycles. The molecule has 0 spiro atoms. The number of carbonyl (C=O) groups excluding carboxylic acids is 1. The number of hydrogen-bond acceptors (Lipinski definition) is 3. The standard InChI is InChI=1S/C8H10O3/c1-11-7-3-2-6(5-9)8(10)4-7/h2,4-5,7,10H,3H2,1H3. The van der Waals surface area contributed by atoms with Crippen LogP contribution in [-0.4, -0.2) is 24.6 Å². The van der Waals surface area contributed by atoms with Gasteiger partial charge in [0.25, 0.3) is 0 Å². The number of carbonyl (C=O) groups is 1. The van der Waals surface area contributed by atoms with Crippen LogP contribution in [0.15, 0.2) is 23.5 Å². The summed E-state index contributed by atoms with van der Waals surface area (Å²) in [6, 6.07) is 0. The van der Waals surface area contributed by atoms with Crippen molar-refractivity contribution in [3.05, 3.63) is 23.5 Å². The summed E-state index contributed by atoms with van der Waals surface area (Å²) in [5, 5.41) is 9.15. The Balaban J connectivity index is 2.73. The quantitative estimate of drug-likeness (QED) is 0.603. The number of ether oxygens (including phenoxy) is 1. The average molecular weight is 154 g/mol. The van der Waals surface area contributed by atoms with Gasteiger partial charge in [0.1, 0.15) is 5.76 Å². The number of aliphatic hydroxyl groups excluding tert-OH is 1. The molecule has 3 heteroatoms. The van der Waals surface area contributed by atoms with E-state index in [-0.39, 0.29) is 11.9 Å². The van der Waals surface area contributed by atoms with Crippen LogP contribution in [0, 0.1) is 0 Å². The van der Waals surface area contributed by atoms with E-state index in [1.807, 2.05) is 0 Å². The lowest BCUT2D eigenvalue weighted by Crippen LogP contribution is -2.12. The van der Waals surface area contributed by atoms with E-state index in [0.29, 0.717) is 18.3 Å². The molecule has 0 aromatic rings. The first-order chi connectivity index (χ1) is 5.27. The number of aliphatic hydroxyl groups is 1. The van der Waals surface area contributed by atoms with E-state index in [0.717, 1.165) is 0 Å². The lowest BCUT2D eigenvalue weighted by Gasteiger charge is -2.13. The van der Waals surface area contributed by atoms with Gasteiger partial charge in [-0.1, -0.05) is 6.08 Å². The zero-order valence-corrected chi connectivity index (χ0v) is 6.28. The van der Waals surface area contributed by atoms with Gasteiger partial charge in [0, 0.05) is 7.11 Å². The molecule has 0 saturated carbocycles. The lowest BCUT2D eigenvalue weighted by molar-refractivity contribution is -0.104. The first kappa shape index (κ1) is 8.01. The van der Waals surface area contributed by atoms with Gasteiger partial charge in [0.15, 0.2) is 6.29 Å². The van der Waals surface area contributed by atoms with Crippen molar-refractivity contribution in [1.82, 2.24) is 0 Å². The zero-order chi connectivity index (χ0) is 8.27. The summed E-state index contributed by atoms with van der Waals surface area (Å²) in [6.07, 6.45) is 4.38. The van der Waals surface area contributed by atoms with Crippen LogP contribution in [0.1, 0.15) is 6.42 Å². The van der Waals surface area contributed by atoms with E-state index in [2.05, 4.69) is 0 Å². The fourth-order valence-corrected chi connectivity index (χ4v) is 0.961. The molecule has 0 heterocycles. The maximum Gasteiger partial charge on any atom is 0.153 e. The Morgan fingerprint density at radius 3 is 3.00 bits per heavy atom. The van der Waals surface area contributed by atoms with Gasteiger partial charge in [-0.25, -0.2) is 0 Å². The third kappa shape index (κ3) is 1.68. The molecule has 0 radical (unpaired) electrons. The summed E-state index contributed by atoms with van der Waals surface area (Å²) in [5.74, 6) is 0.0121. The second kappa shape index (κ2) is 3.34. The van der Waals surface area contributed by atoms with Crippen LogP contribution in [0.2, 0.25) is 0 Å². The maximum atomic E-state index is 10.3. The molecule has 0 aromatic heterocycles. The van der Waals surface area contributed by atoms with Gasteiger partial charge in [-0.15, -0.1) is 0 Å². The van der Waals surface area contributed by atoms with Crippen LogP contribution in [0.4, 0.5) is 0 Å². The van der Waals surface area contributed by atoms with Crippen molar-refractivity contribution >= 4 is 6.29 Å². The second-order valence-electron chi connectivity index (χ2n) is 2.34. The third-order valence-corrected chi connectivity index (χ3v) is 1.64. The molecule has 1 rings (SSSR count). The van der Waals surface area contributed by atoms with Crippen molar-refractivity contribution in [1.29, 1.82) is 0 Å². The van der Waals surface area contributed by atoms with Crippen molar-refractivity contribution in [3.63, 3.8) is 0 Å². The van der Waals surface area contributed by atoms with Gasteiger partial charge in [0.2, 0.25) is 0 Å². The minimum atomic E-state index is -0.0984. The predicted molar refractivity (Wildman–Crippen MR) is 40.3 cm³/mol. The highest BCUT2D eigenvalue weighted by Crippen LogP contribution is 2.16. The fourth-order valence-electron chi connectivity index (χ4n) is 0.961. The molecule has 0 aliphatic heterocycles. The molecule has 0 saturated heterocycles. The first-order valence-electron chi connectivity index (χ1n) is 3.37. The molecule has 1 aliphatic rings. The SMILES string of the molecule is COC1C=C(O)C(C=O)=CC1. The Morgan fingerprint density at radius 1 is 1.82 bits per heavy atom. The van der Waals surface area contributed by atoms with E-state index >= 15 is 0 Å². The van der Waals surface area contributed by atoms with Gasteiger partial charge in [-0.3, -0.25) is 4.79 Å². The Bertz CT molecular complexity index is 215. The number of rotatable bonds is 2. The third-order valence-electron chi connectivity index (χ3n) is 1.64. The molecular weight excluding hydrogens is 144 g/mol. The minimum absolute atomic E-state index is 0.0121. The van der Waals surface area contributed by atoms with Crippen LogP contribution in [0.25, 0.3) is 0 Å². The predicted octanol–water partition coefficient (Wildman–Crippen LogP) is 0.972. The van der Waals surface area contributed by atoms with E-state index in [9.17, 15) is 4.79 Å². The van der Waals surface area contributed by atoms with Crippen molar-refractivity contribution in [3.8, 4) is 0 Å². The summed E-state index contributed by atoms with van der Waals surface area (Å²) < 4.78 is 4.96. The molecule has 1 N–H and O–H groups in total. The monoisotopic (exact) mass is 154 g/mol. The fraction of sp³-hybridized carbons (Fsp3) is 0.375. The number of aldehydes is 1. The van der Waals surface area contributed by atoms with Crippen LogP contribution in [0.5, 0.6) is 0 Å². The maximum absolute atomic E-state index is 10.3. The molecule has 60 valence electrons. The highest BCUT2D eigenvalue weighted by Gasteiger charge is 2.13. The summed E-state index contributed by atoms with van der Waals surface area (Å²) in [4.78, 5) is 10.3. The minimum Gasteiger partial charge on any atom is -0.507 e. The molecule has 11 heavy (non-hydrogen) atoms. The summed E-state index contributed by atoms with van der Waals surface area (Å²) in [6.45, 7) is 0. The average Bonchev–Trinajstić information content (AvgIpc) is 2.04. The highest BCUT2D eigenvalue weighted by atomic mass is 16.5. The van der Waals surface area contributed by atoms with E-state index in [4.69, 9.17) is 9.84 Å². The largest absolute Gasteiger partial charge is 0.507 e. The van der Waals surface area contributed by atoms with E-state index in [1.54, 1.807) is 13.2 Å². The van der Waals surface area contributed by atoms with Crippen molar-refractivity contribution in [2.24, 2.45) is 0 Å².